The Kier molecular flexibility index (Phi) is 6.57. The molecule has 1 fully saturated rings. The first-order chi connectivity index (χ1) is 17.4. The van der Waals surface area contributed by atoms with Crippen molar-refractivity contribution in [2.24, 2.45) is 7.05 Å². The number of morpholine rings is 1. The molecule has 1 N–H and O–H groups in total. The number of aliphatic hydroxyl groups is 1. The SMILES string of the molecule is C=Cc1cnc2cc(N3CCOCC3)ccc2c1-c1cc(C(O)c2ccc(=O)n(C)n2)c(Cl)cc1F. The number of aliphatic hydroxyl groups excluding tert-OH is 1. The molecule has 0 saturated carbocycles. The number of pyridine rings is 1. The summed E-state index contributed by atoms with van der Waals surface area (Å²) >= 11 is 6.36. The predicted octanol–water partition coefficient (Wildman–Crippen LogP) is 4.35. The van der Waals surface area contributed by atoms with Gasteiger partial charge in [0.25, 0.3) is 5.56 Å². The van der Waals surface area contributed by atoms with Gasteiger partial charge in [0.2, 0.25) is 0 Å². The number of halogens is 2. The average molecular weight is 507 g/mol. The van der Waals surface area contributed by atoms with Crippen LogP contribution in [0.1, 0.15) is 22.9 Å². The molecule has 2 aromatic heterocycles. The van der Waals surface area contributed by atoms with E-state index in [1.165, 1.54) is 31.3 Å². The van der Waals surface area contributed by atoms with Crippen LogP contribution in [-0.4, -0.2) is 46.2 Å². The lowest BCUT2D eigenvalue weighted by atomic mass is 9.93. The summed E-state index contributed by atoms with van der Waals surface area (Å²) in [6.45, 7) is 6.79. The normalized spacial score (nSPS) is 14.7. The third-order valence-corrected chi connectivity index (χ3v) is 6.72. The number of benzene rings is 2. The maximum atomic E-state index is 15.4. The number of ether oxygens (including phenoxy) is 1. The molecular formula is C27H24ClFN4O3. The zero-order chi connectivity index (χ0) is 25.4. The van der Waals surface area contributed by atoms with Gasteiger partial charge in [0.05, 0.1) is 24.4 Å². The summed E-state index contributed by atoms with van der Waals surface area (Å²) in [6, 6.07) is 11.3. The lowest BCUT2D eigenvalue weighted by Gasteiger charge is -2.29. The molecule has 0 spiro atoms. The Morgan fingerprint density at radius 1 is 1.19 bits per heavy atom. The van der Waals surface area contributed by atoms with Crippen molar-refractivity contribution in [3.63, 3.8) is 0 Å². The molecule has 1 aliphatic heterocycles. The smallest absolute Gasteiger partial charge is 0.266 e. The van der Waals surface area contributed by atoms with Crippen LogP contribution in [0, 0.1) is 5.82 Å². The topological polar surface area (TPSA) is 80.5 Å². The van der Waals surface area contributed by atoms with E-state index in [2.05, 4.69) is 21.6 Å². The highest BCUT2D eigenvalue weighted by Gasteiger charge is 2.22. The van der Waals surface area contributed by atoms with Crippen LogP contribution in [0.3, 0.4) is 0 Å². The van der Waals surface area contributed by atoms with Gasteiger partial charge < -0.3 is 14.7 Å². The molecule has 3 heterocycles. The molecule has 36 heavy (non-hydrogen) atoms. The number of hydrogen-bond acceptors (Lipinski definition) is 6. The first-order valence-corrected chi connectivity index (χ1v) is 11.8. The summed E-state index contributed by atoms with van der Waals surface area (Å²) in [5.41, 5.74) is 3.38. The van der Waals surface area contributed by atoms with Gasteiger partial charge in [0.1, 0.15) is 11.9 Å². The second-order valence-corrected chi connectivity index (χ2v) is 8.98. The van der Waals surface area contributed by atoms with Gasteiger partial charge in [-0.25, -0.2) is 9.07 Å². The Balaban J connectivity index is 1.65. The van der Waals surface area contributed by atoms with E-state index in [0.717, 1.165) is 28.8 Å². The highest BCUT2D eigenvalue weighted by atomic mass is 35.5. The van der Waals surface area contributed by atoms with Gasteiger partial charge in [0, 0.05) is 70.8 Å². The second-order valence-electron chi connectivity index (χ2n) is 8.57. The van der Waals surface area contributed by atoms with E-state index in [1.807, 2.05) is 18.2 Å². The van der Waals surface area contributed by atoms with Crippen molar-refractivity contribution < 1.29 is 14.2 Å². The Morgan fingerprint density at radius 2 is 1.97 bits per heavy atom. The number of fused-ring (bicyclic) bond motifs is 1. The third-order valence-electron chi connectivity index (χ3n) is 6.39. The number of aryl methyl sites for hydroxylation is 1. The summed E-state index contributed by atoms with van der Waals surface area (Å²) in [4.78, 5) is 18.5. The molecule has 0 bridgehead atoms. The first kappa shape index (κ1) is 24.1. The molecule has 4 aromatic rings. The van der Waals surface area contributed by atoms with Crippen molar-refractivity contribution in [3.8, 4) is 11.1 Å². The maximum absolute atomic E-state index is 15.4. The van der Waals surface area contributed by atoms with Crippen LogP contribution in [0.15, 0.2) is 60.0 Å². The average Bonchev–Trinajstić information content (AvgIpc) is 2.89. The Morgan fingerprint density at radius 3 is 2.69 bits per heavy atom. The van der Waals surface area contributed by atoms with Crippen molar-refractivity contribution in [1.82, 2.24) is 14.8 Å². The summed E-state index contributed by atoms with van der Waals surface area (Å²) in [5.74, 6) is -0.544. The minimum atomic E-state index is -1.27. The van der Waals surface area contributed by atoms with Gasteiger partial charge in [0.15, 0.2) is 0 Å². The zero-order valence-electron chi connectivity index (χ0n) is 19.6. The number of rotatable bonds is 5. The molecule has 0 aliphatic carbocycles. The van der Waals surface area contributed by atoms with Crippen LogP contribution >= 0.6 is 11.6 Å². The first-order valence-electron chi connectivity index (χ1n) is 11.5. The fourth-order valence-corrected chi connectivity index (χ4v) is 4.72. The minimum Gasteiger partial charge on any atom is -0.382 e. The predicted molar refractivity (Wildman–Crippen MR) is 139 cm³/mol. The minimum absolute atomic E-state index is 0.0486. The summed E-state index contributed by atoms with van der Waals surface area (Å²) < 4.78 is 22.0. The van der Waals surface area contributed by atoms with Crippen molar-refractivity contribution in [3.05, 3.63) is 93.3 Å². The number of aromatic nitrogens is 3. The van der Waals surface area contributed by atoms with Crippen molar-refractivity contribution in [1.29, 1.82) is 0 Å². The van der Waals surface area contributed by atoms with Crippen molar-refractivity contribution >= 4 is 34.3 Å². The maximum Gasteiger partial charge on any atom is 0.266 e. The molecule has 9 heteroatoms. The summed E-state index contributed by atoms with van der Waals surface area (Å²) in [5, 5.41) is 15.9. The largest absolute Gasteiger partial charge is 0.382 e. The van der Waals surface area contributed by atoms with E-state index in [-0.39, 0.29) is 27.4 Å². The third kappa shape index (κ3) is 4.39. The molecule has 1 atom stereocenters. The van der Waals surface area contributed by atoms with Crippen LogP contribution in [-0.2, 0) is 11.8 Å². The fourth-order valence-electron chi connectivity index (χ4n) is 4.46. The van der Waals surface area contributed by atoms with Crippen LogP contribution in [0.5, 0.6) is 0 Å². The van der Waals surface area contributed by atoms with Crippen molar-refractivity contribution in [2.45, 2.75) is 6.10 Å². The van der Waals surface area contributed by atoms with Gasteiger partial charge in [-0.05, 0) is 30.3 Å². The second kappa shape index (κ2) is 9.81. The molecule has 0 amide bonds. The van der Waals surface area contributed by atoms with E-state index in [4.69, 9.17) is 16.3 Å². The van der Waals surface area contributed by atoms with E-state index >= 15 is 4.39 Å². The molecule has 1 aliphatic rings. The van der Waals surface area contributed by atoms with Gasteiger partial charge >= 0.3 is 0 Å². The molecular weight excluding hydrogens is 483 g/mol. The molecule has 0 radical (unpaired) electrons. The molecule has 1 unspecified atom stereocenters. The monoisotopic (exact) mass is 506 g/mol. The lowest BCUT2D eigenvalue weighted by Crippen LogP contribution is -2.36. The molecule has 2 aromatic carbocycles. The van der Waals surface area contributed by atoms with Gasteiger partial charge in [-0.15, -0.1) is 0 Å². The highest BCUT2D eigenvalue weighted by Crippen LogP contribution is 2.39. The van der Waals surface area contributed by atoms with Crippen LogP contribution in [0.4, 0.5) is 10.1 Å². The fraction of sp³-hybridized carbons (Fsp3) is 0.222. The van der Waals surface area contributed by atoms with Crippen LogP contribution in [0.2, 0.25) is 5.02 Å². The Hall–Kier alpha value is -3.59. The zero-order valence-corrected chi connectivity index (χ0v) is 20.4. The Bertz CT molecular complexity index is 1530. The quantitative estimate of drug-likeness (QED) is 0.433. The number of anilines is 1. The van der Waals surface area contributed by atoms with E-state index in [9.17, 15) is 9.90 Å². The molecule has 184 valence electrons. The Labute approximate surface area is 212 Å². The molecule has 7 nitrogen and oxygen atoms in total. The van der Waals surface area contributed by atoms with Crippen molar-refractivity contribution in [2.75, 3.05) is 31.2 Å². The molecule has 5 rings (SSSR count). The highest BCUT2D eigenvalue weighted by molar-refractivity contribution is 6.31. The van der Waals surface area contributed by atoms with Gasteiger partial charge in [-0.1, -0.05) is 30.3 Å². The lowest BCUT2D eigenvalue weighted by molar-refractivity contribution is 0.122. The van der Waals surface area contributed by atoms with Gasteiger partial charge in [-0.3, -0.25) is 9.78 Å². The summed E-state index contributed by atoms with van der Waals surface area (Å²) in [7, 11) is 1.49. The number of hydrogen-bond donors (Lipinski definition) is 1. The standard InChI is InChI=1S/C27H24ClFN4O3/c1-3-16-15-30-24-12-17(33-8-10-36-11-9-33)4-5-18(24)26(16)20-13-19(21(28)14-22(20)29)27(35)23-6-7-25(34)32(2)31-23/h3-7,12-15,27,35H,1,8-11H2,2H3. The van der Waals surface area contributed by atoms with Crippen LogP contribution < -0.4 is 10.5 Å². The van der Waals surface area contributed by atoms with E-state index < -0.39 is 11.9 Å². The van der Waals surface area contributed by atoms with E-state index in [0.29, 0.717) is 29.9 Å². The van der Waals surface area contributed by atoms with E-state index in [1.54, 1.807) is 12.3 Å². The van der Waals surface area contributed by atoms with Gasteiger partial charge in [-0.2, -0.15) is 5.10 Å². The van der Waals surface area contributed by atoms with Crippen LogP contribution in [0.25, 0.3) is 28.1 Å². The summed E-state index contributed by atoms with van der Waals surface area (Å²) in [6.07, 6.45) is 2.01. The number of nitrogens with zero attached hydrogens (tertiary/aromatic N) is 4. The molecule has 1 saturated heterocycles.